The number of anilines is 6. The molecule has 0 radical (unpaired) electrons. The third-order valence-corrected chi connectivity index (χ3v) is 22.1. The van der Waals surface area contributed by atoms with E-state index in [-0.39, 0.29) is 6.71 Å². The van der Waals surface area contributed by atoms with Gasteiger partial charge in [0.05, 0.1) is 28.1 Å². The van der Waals surface area contributed by atoms with Crippen LogP contribution in [0.5, 0.6) is 0 Å². The van der Waals surface area contributed by atoms with E-state index in [1.165, 1.54) is 27.5 Å². The topological polar surface area (TPSA) is 75.9 Å². The number of rotatable bonds is 14. The fourth-order valence-electron chi connectivity index (χ4n) is 16.7. The first kappa shape index (κ1) is 65.4. The molecule has 0 spiro atoms. The average Bonchev–Trinajstić information content (AvgIpc) is 0.903. The minimum atomic E-state index is -0.151. The second kappa shape index (κ2) is 27.7. The maximum absolute atomic E-state index is 5.49. The van der Waals surface area contributed by atoms with Crippen LogP contribution in [-0.2, 0) is 0 Å². The first-order valence-electron chi connectivity index (χ1n) is 38.1. The first-order valence-corrected chi connectivity index (χ1v) is 38.1. The quantitative estimate of drug-likeness (QED) is 0.100. The number of benzene rings is 16. The molecular weight excluding hydrogens is 1360 g/mol. The van der Waals surface area contributed by atoms with Crippen LogP contribution in [0, 0.1) is 0 Å². The van der Waals surface area contributed by atoms with Gasteiger partial charge in [-0.3, -0.25) is 0 Å². The summed E-state index contributed by atoms with van der Waals surface area (Å²) >= 11 is 0. The Kier molecular flexibility index (Phi) is 16.2. The fraction of sp³-hybridized carbons (Fsp3) is 0. The third kappa shape index (κ3) is 11.7. The van der Waals surface area contributed by atoms with Gasteiger partial charge in [-0.15, -0.1) is 0 Å². The van der Waals surface area contributed by atoms with Crippen molar-refractivity contribution in [3.8, 4) is 129 Å². The largest absolute Gasteiger partial charge is 0.311 e. The highest BCUT2D eigenvalue weighted by molar-refractivity contribution is 7.00. The monoisotopic (exact) mass is 1430 g/mol. The molecule has 9 heteroatoms. The number of hydrogen-bond acceptors (Lipinski definition) is 7. The highest BCUT2D eigenvalue weighted by atomic mass is 15.2. The second-order valence-electron chi connectivity index (χ2n) is 28.7. The molecule has 0 bridgehead atoms. The summed E-state index contributed by atoms with van der Waals surface area (Å²) in [5.41, 5.74) is 31.5. The molecule has 522 valence electrons. The van der Waals surface area contributed by atoms with Gasteiger partial charge in [0.15, 0.2) is 23.3 Å². The normalized spacial score (nSPS) is 12.1. The Bertz CT molecular complexity index is 6450. The predicted octanol–water partition coefficient (Wildman–Crippen LogP) is 24.2. The highest BCUT2D eigenvalue weighted by Crippen LogP contribution is 2.49. The molecule has 0 N–H and O–H groups in total. The van der Waals surface area contributed by atoms with Crippen molar-refractivity contribution >= 4 is 79.0 Å². The van der Waals surface area contributed by atoms with Crippen molar-refractivity contribution < 1.29 is 0 Å². The van der Waals surface area contributed by atoms with Crippen LogP contribution in [0.25, 0.3) is 151 Å². The number of para-hydroxylation sites is 1. The van der Waals surface area contributed by atoms with Crippen molar-refractivity contribution in [1.82, 2.24) is 29.5 Å². The Labute approximate surface area is 650 Å². The van der Waals surface area contributed by atoms with E-state index in [1.807, 2.05) is 48.5 Å². The van der Waals surface area contributed by atoms with Gasteiger partial charge in [-0.1, -0.05) is 315 Å². The molecule has 2 aliphatic rings. The molecule has 0 saturated carbocycles. The molecule has 3 aromatic heterocycles. The van der Waals surface area contributed by atoms with Crippen molar-refractivity contribution in [2.45, 2.75) is 0 Å². The molecule has 0 saturated heterocycles. The molecular formula is C103H67BN8. The van der Waals surface area contributed by atoms with E-state index < -0.39 is 0 Å². The number of hydrogen-bond donors (Lipinski definition) is 0. The summed E-state index contributed by atoms with van der Waals surface area (Å²) in [6, 6.07) is 146. The van der Waals surface area contributed by atoms with Gasteiger partial charge in [0.2, 0.25) is 0 Å². The molecule has 16 aromatic carbocycles. The molecule has 19 aromatic rings. The lowest BCUT2D eigenvalue weighted by atomic mass is 9.33. The molecule has 0 amide bonds. The van der Waals surface area contributed by atoms with Gasteiger partial charge in [-0.2, -0.15) is 0 Å². The predicted molar refractivity (Wildman–Crippen MR) is 464 cm³/mol. The molecule has 0 atom stereocenters. The lowest BCUT2D eigenvalue weighted by Gasteiger charge is -2.44. The highest BCUT2D eigenvalue weighted by Gasteiger charge is 2.44. The van der Waals surface area contributed by atoms with Crippen LogP contribution >= 0.6 is 0 Å². The van der Waals surface area contributed by atoms with Gasteiger partial charge in [0.25, 0.3) is 6.71 Å². The van der Waals surface area contributed by atoms with Crippen LogP contribution in [0.15, 0.2) is 406 Å². The minimum absolute atomic E-state index is 0.151. The van der Waals surface area contributed by atoms with E-state index in [2.05, 4.69) is 372 Å². The molecule has 0 unspecified atom stereocenters. The van der Waals surface area contributed by atoms with E-state index in [0.717, 1.165) is 151 Å². The van der Waals surface area contributed by atoms with Crippen molar-refractivity contribution in [2.75, 3.05) is 9.80 Å². The zero-order valence-electron chi connectivity index (χ0n) is 60.8. The molecule has 8 nitrogen and oxygen atoms in total. The van der Waals surface area contributed by atoms with E-state index >= 15 is 0 Å². The summed E-state index contributed by atoms with van der Waals surface area (Å²) in [7, 11) is 0. The summed E-state index contributed by atoms with van der Waals surface area (Å²) in [5, 5.41) is 2.18. The Hall–Kier alpha value is -14.9. The van der Waals surface area contributed by atoms with Crippen molar-refractivity contribution in [3.63, 3.8) is 0 Å². The Morgan fingerprint density at radius 3 is 1.00 bits per heavy atom. The maximum Gasteiger partial charge on any atom is 0.252 e. The fourth-order valence-corrected chi connectivity index (χ4v) is 16.7. The summed E-state index contributed by atoms with van der Waals surface area (Å²) in [6.07, 6.45) is 0. The summed E-state index contributed by atoms with van der Waals surface area (Å²) in [4.78, 5) is 32.1. The van der Waals surface area contributed by atoms with Crippen LogP contribution in [0.3, 0.4) is 0 Å². The van der Waals surface area contributed by atoms with Crippen LogP contribution in [0.4, 0.5) is 34.1 Å². The minimum Gasteiger partial charge on any atom is -0.311 e. The van der Waals surface area contributed by atoms with Crippen molar-refractivity contribution in [1.29, 1.82) is 0 Å². The summed E-state index contributed by atoms with van der Waals surface area (Å²) in [5.74, 6) is 2.19. The average molecular weight is 1430 g/mol. The first-order chi connectivity index (χ1) is 55.5. The van der Waals surface area contributed by atoms with Gasteiger partial charge in [-0.05, 0) is 163 Å². The summed E-state index contributed by atoms with van der Waals surface area (Å²) in [6.45, 7) is -0.151. The Morgan fingerprint density at radius 2 is 0.536 bits per heavy atom. The Balaban J connectivity index is 0.808. The standard InChI is InChI=1S/C103H67BN8/c1-9-27-68(28-10-1)72-45-53-83(54-46-72)110-95-63-79(70-31-13-3-14-32-70)49-57-88(95)104-89-58-50-80(71-33-15-4-16-34-71)64-96(89)111(84-55-47-73(48-56-84)69-29-11-2-12-30-69)98-66-82(65-97(110)99(98)104)78-51-59-93-86(61-78)85-43-25-26-44-92(85)112(93)94-60-52-81(102-105-90(74-35-17-5-18-36-74)67-91(106-102)75-37-19-6-20-38-75)62-87(94)103-108-100(76-39-21-7-22-40-76)107-101(109-103)77-41-23-8-24-42-77/h1-67H. The zero-order valence-corrected chi connectivity index (χ0v) is 60.8. The van der Waals surface area contributed by atoms with E-state index in [1.54, 1.807) is 0 Å². The van der Waals surface area contributed by atoms with E-state index in [4.69, 9.17) is 24.9 Å². The lowest BCUT2D eigenvalue weighted by Crippen LogP contribution is -2.61. The lowest BCUT2D eigenvalue weighted by molar-refractivity contribution is 1.06. The van der Waals surface area contributed by atoms with E-state index in [9.17, 15) is 0 Å². The van der Waals surface area contributed by atoms with Crippen LogP contribution in [0.2, 0.25) is 0 Å². The maximum atomic E-state index is 5.49. The second-order valence-corrected chi connectivity index (χ2v) is 28.7. The van der Waals surface area contributed by atoms with Gasteiger partial charge in [-0.25, -0.2) is 24.9 Å². The third-order valence-electron chi connectivity index (χ3n) is 22.1. The number of fused-ring (bicyclic) bond motifs is 7. The molecule has 5 heterocycles. The number of nitrogens with zero attached hydrogens (tertiary/aromatic N) is 8. The molecule has 21 rings (SSSR count). The SMILES string of the molecule is c1ccc(-c2ccc(N3c4cc(-c5ccccc5)ccc4B4c5ccc(-c6ccccc6)cc5N(c5ccc(-c6ccccc6)cc5)c5cc(-c6ccc7c(c6)c6ccccc6n7-c6ccc(-c7nc(-c8ccccc8)cc(-c8ccccc8)n7)cc6-c6nc(-c7ccccc7)nc(-c7ccccc7)n6)cc3c54)cc2)cc1. The van der Waals surface area contributed by atoms with Crippen LogP contribution < -0.4 is 26.2 Å². The molecule has 0 fully saturated rings. The van der Waals surface area contributed by atoms with Gasteiger partial charge in [0, 0.05) is 78.3 Å². The van der Waals surface area contributed by atoms with Crippen molar-refractivity contribution in [2.24, 2.45) is 0 Å². The smallest absolute Gasteiger partial charge is 0.252 e. The summed E-state index contributed by atoms with van der Waals surface area (Å²) < 4.78 is 2.39. The number of aromatic nitrogens is 6. The van der Waals surface area contributed by atoms with E-state index in [0.29, 0.717) is 23.3 Å². The van der Waals surface area contributed by atoms with Gasteiger partial charge < -0.3 is 14.4 Å². The zero-order chi connectivity index (χ0) is 74.0. The van der Waals surface area contributed by atoms with Gasteiger partial charge in [0.1, 0.15) is 0 Å². The van der Waals surface area contributed by atoms with Crippen molar-refractivity contribution in [3.05, 3.63) is 406 Å². The van der Waals surface area contributed by atoms with Crippen LogP contribution in [0.1, 0.15) is 0 Å². The molecule has 112 heavy (non-hydrogen) atoms. The Morgan fingerprint density at radius 1 is 0.196 bits per heavy atom. The van der Waals surface area contributed by atoms with Gasteiger partial charge >= 0.3 is 0 Å². The molecule has 0 aliphatic carbocycles. The van der Waals surface area contributed by atoms with Crippen LogP contribution in [-0.4, -0.2) is 36.2 Å². The molecule has 2 aliphatic heterocycles.